The Morgan fingerprint density at radius 2 is 1.54 bits per heavy atom. The first-order valence-corrected chi connectivity index (χ1v) is 7.15. The summed E-state index contributed by atoms with van der Waals surface area (Å²) in [5.41, 5.74) is 0. The summed E-state index contributed by atoms with van der Waals surface area (Å²) in [4.78, 5) is 24.5. The lowest BCUT2D eigenvalue weighted by Crippen LogP contribution is -2.36. The van der Waals surface area contributed by atoms with E-state index in [9.17, 15) is 31.5 Å². The van der Waals surface area contributed by atoms with Crippen LogP contribution in [0.25, 0.3) is 0 Å². The molecule has 0 aromatic carbocycles. The highest BCUT2D eigenvalue weighted by atomic mass is 19.4. The third kappa shape index (κ3) is 8.07. The lowest BCUT2D eigenvalue weighted by molar-refractivity contribution is -0.285. The molecule has 0 aliphatic heterocycles. The molecule has 0 heterocycles. The number of hydrogen-bond donors (Lipinski definition) is 0. The fourth-order valence-corrected chi connectivity index (χ4v) is 1.65. The monoisotopic (exact) mass is 357 g/mol. The molecule has 9 heteroatoms. The zero-order valence-corrected chi connectivity index (χ0v) is 13.1. The first kappa shape index (κ1) is 22.1. The maximum absolute atomic E-state index is 12.6. The van der Waals surface area contributed by atoms with E-state index in [1.165, 1.54) is 17.1 Å². The average molecular weight is 357 g/mol. The van der Waals surface area contributed by atoms with Crippen molar-refractivity contribution in [3.8, 4) is 0 Å². The molecule has 0 spiro atoms. The number of carbonyl (C=O) groups is 2. The predicted octanol–water partition coefficient (Wildman–Crippen LogP) is 3.49. The topological polar surface area (TPSA) is 46.6 Å². The van der Waals surface area contributed by atoms with E-state index in [0.29, 0.717) is 0 Å². The second-order valence-electron chi connectivity index (χ2n) is 4.90. The Kier molecular flexibility index (Phi) is 9.24. The second kappa shape index (κ2) is 10.0. The van der Waals surface area contributed by atoms with Crippen LogP contribution in [0, 0.1) is 0 Å². The molecule has 0 aliphatic carbocycles. The Morgan fingerprint density at radius 1 is 1.00 bits per heavy atom. The number of amides is 1. The van der Waals surface area contributed by atoms with E-state index in [4.69, 9.17) is 0 Å². The summed E-state index contributed by atoms with van der Waals surface area (Å²) < 4.78 is 65.5. The lowest BCUT2D eigenvalue weighted by Gasteiger charge is -2.19. The smallest absolute Gasteiger partial charge is 0.453 e. The number of nitrogens with zero attached hydrogens (tertiary/aromatic N) is 1. The van der Waals surface area contributed by atoms with Crippen LogP contribution in [-0.4, -0.2) is 48.6 Å². The first-order chi connectivity index (χ1) is 11.0. The number of carbonyl (C=O) groups excluding carboxylic acids is 2. The van der Waals surface area contributed by atoms with Crippen LogP contribution in [0.15, 0.2) is 25.3 Å². The van der Waals surface area contributed by atoms with E-state index < -0.39 is 37.5 Å². The van der Waals surface area contributed by atoms with E-state index in [1.54, 1.807) is 0 Å². The molecule has 0 radical (unpaired) electrons. The van der Waals surface area contributed by atoms with E-state index in [1.807, 2.05) is 0 Å². The predicted molar refractivity (Wildman–Crippen MR) is 77.4 cm³/mol. The molecule has 0 saturated carbocycles. The van der Waals surface area contributed by atoms with Gasteiger partial charge in [-0.1, -0.05) is 12.2 Å². The standard InChI is InChI=1S/C15H20F5NO3/c1-3-9-21(10-4-2)12(22)6-7-13(23)24-11-5-8-14(16,17)15(18,19)20/h3-4H,1-2,5-11H2. The normalized spacial score (nSPS) is 11.7. The van der Waals surface area contributed by atoms with Crippen LogP contribution in [0.3, 0.4) is 0 Å². The molecule has 0 aliphatic rings. The van der Waals surface area contributed by atoms with Crippen molar-refractivity contribution in [2.24, 2.45) is 0 Å². The fourth-order valence-electron chi connectivity index (χ4n) is 1.65. The van der Waals surface area contributed by atoms with E-state index in [2.05, 4.69) is 17.9 Å². The largest absolute Gasteiger partial charge is 0.466 e. The van der Waals surface area contributed by atoms with Gasteiger partial charge >= 0.3 is 18.1 Å². The summed E-state index contributed by atoms with van der Waals surface area (Å²) in [6.07, 6.45) is -5.18. The third-order valence-electron chi connectivity index (χ3n) is 2.91. The quantitative estimate of drug-likeness (QED) is 0.246. The molecule has 0 aromatic rings. The Bertz CT molecular complexity index is 439. The summed E-state index contributed by atoms with van der Waals surface area (Å²) in [7, 11) is 0. The maximum atomic E-state index is 12.6. The van der Waals surface area contributed by atoms with Crippen molar-refractivity contribution in [1.29, 1.82) is 0 Å². The van der Waals surface area contributed by atoms with Gasteiger partial charge in [-0.2, -0.15) is 22.0 Å². The molecule has 0 fully saturated rings. The number of hydrogen-bond acceptors (Lipinski definition) is 3. The Labute approximate surface area is 136 Å². The van der Waals surface area contributed by atoms with Gasteiger partial charge in [0.1, 0.15) is 0 Å². The van der Waals surface area contributed by atoms with Crippen molar-refractivity contribution in [3.05, 3.63) is 25.3 Å². The molecule has 24 heavy (non-hydrogen) atoms. The summed E-state index contributed by atoms with van der Waals surface area (Å²) in [5, 5.41) is 0. The van der Waals surface area contributed by atoms with Gasteiger partial charge < -0.3 is 9.64 Å². The molecule has 0 saturated heterocycles. The van der Waals surface area contributed by atoms with Gasteiger partial charge in [0.15, 0.2) is 0 Å². The molecule has 4 nitrogen and oxygen atoms in total. The molecule has 138 valence electrons. The summed E-state index contributed by atoms with van der Waals surface area (Å²) in [6.45, 7) is 6.95. The van der Waals surface area contributed by atoms with Crippen molar-refractivity contribution < 1.29 is 36.3 Å². The molecule has 0 aromatic heterocycles. The highest BCUT2D eigenvalue weighted by molar-refractivity contribution is 5.81. The SMILES string of the molecule is C=CCN(CC=C)C(=O)CCC(=O)OCCCC(F)(F)C(F)(F)F. The number of rotatable bonds is 11. The molecule has 0 rings (SSSR count). The van der Waals surface area contributed by atoms with Gasteiger partial charge in [0, 0.05) is 25.9 Å². The lowest BCUT2D eigenvalue weighted by atomic mass is 10.2. The van der Waals surface area contributed by atoms with Crippen LogP contribution in [0.2, 0.25) is 0 Å². The number of alkyl halides is 5. The zero-order chi connectivity index (χ0) is 18.8. The average Bonchev–Trinajstić information content (AvgIpc) is 2.47. The molecule has 0 unspecified atom stereocenters. The van der Waals surface area contributed by atoms with Gasteiger partial charge in [0.25, 0.3) is 0 Å². The van der Waals surface area contributed by atoms with Crippen LogP contribution in [0.5, 0.6) is 0 Å². The molecule has 0 atom stereocenters. The number of esters is 1. The Hall–Kier alpha value is -1.93. The first-order valence-electron chi connectivity index (χ1n) is 7.15. The highest BCUT2D eigenvalue weighted by Crippen LogP contribution is 2.38. The molecular weight excluding hydrogens is 337 g/mol. The fraction of sp³-hybridized carbons (Fsp3) is 0.600. The van der Waals surface area contributed by atoms with Gasteiger partial charge in [-0.05, 0) is 6.42 Å². The summed E-state index contributed by atoms with van der Waals surface area (Å²) in [6, 6.07) is 0. The van der Waals surface area contributed by atoms with E-state index >= 15 is 0 Å². The van der Waals surface area contributed by atoms with E-state index in [0.717, 1.165) is 0 Å². The minimum atomic E-state index is -5.62. The zero-order valence-electron chi connectivity index (χ0n) is 13.1. The Morgan fingerprint density at radius 3 is 2.00 bits per heavy atom. The Balaban J connectivity index is 4.09. The van der Waals surface area contributed by atoms with Crippen LogP contribution >= 0.6 is 0 Å². The van der Waals surface area contributed by atoms with Crippen molar-refractivity contribution in [1.82, 2.24) is 4.90 Å². The summed E-state index contributed by atoms with van der Waals surface area (Å²) >= 11 is 0. The number of ether oxygens (including phenoxy) is 1. The van der Waals surface area contributed by atoms with Gasteiger partial charge in [-0.3, -0.25) is 9.59 Å². The van der Waals surface area contributed by atoms with Crippen LogP contribution in [0.4, 0.5) is 22.0 Å². The summed E-state index contributed by atoms with van der Waals surface area (Å²) in [5.74, 6) is -6.00. The molecule has 0 bridgehead atoms. The van der Waals surface area contributed by atoms with Crippen LogP contribution < -0.4 is 0 Å². The van der Waals surface area contributed by atoms with Crippen molar-refractivity contribution >= 4 is 11.9 Å². The maximum Gasteiger partial charge on any atom is 0.453 e. The van der Waals surface area contributed by atoms with Gasteiger partial charge in [-0.25, -0.2) is 0 Å². The van der Waals surface area contributed by atoms with Gasteiger partial charge in [0.05, 0.1) is 13.0 Å². The minimum Gasteiger partial charge on any atom is -0.466 e. The molecule has 0 N–H and O–H groups in total. The molecular formula is C15H20F5NO3. The van der Waals surface area contributed by atoms with Crippen LogP contribution in [0.1, 0.15) is 25.7 Å². The molecule has 1 amide bonds. The van der Waals surface area contributed by atoms with Gasteiger partial charge in [-0.15, -0.1) is 13.2 Å². The van der Waals surface area contributed by atoms with Crippen molar-refractivity contribution in [2.45, 2.75) is 37.8 Å². The second-order valence-corrected chi connectivity index (χ2v) is 4.90. The van der Waals surface area contributed by atoms with Crippen molar-refractivity contribution in [2.75, 3.05) is 19.7 Å². The highest BCUT2D eigenvalue weighted by Gasteiger charge is 2.56. The van der Waals surface area contributed by atoms with Crippen molar-refractivity contribution in [3.63, 3.8) is 0 Å². The van der Waals surface area contributed by atoms with Crippen LogP contribution in [-0.2, 0) is 14.3 Å². The third-order valence-corrected chi connectivity index (χ3v) is 2.91. The van der Waals surface area contributed by atoms with E-state index in [-0.39, 0.29) is 31.8 Å². The van der Waals surface area contributed by atoms with Gasteiger partial charge in [0.2, 0.25) is 5.91 Å². The number of halogens is 5. The minimum absolute atomic E-state index is 0.167.